The number of H-pyrrole nitrogens is 1. The maximum Gasteiger partial charge on any atom is 0.430 e. The van der Waals surface area contributed by atoms with Crippen molar-refractivity contribution in [3.63, 3.8) is 0 Å². The van der Waals surface area contributed by atoms with Crippen molar-refractivity contribution in [2.75, 3.05) is 0 Å². The zero-order valence-electron chi connectivity index (χ0n) is 19.2. The van der Waals surface area contributed by atoms with Gasteiger partial charge in [-0.2, -0.15) is 26.3 Å². The van der Waals surface area contributed by atoms with Crippen molar-refractivity contribution in [2.45, 2.75) is 37.3 Å². The lowest BCUT2D eigenvalue weighted by atomic mass is 10.0. The number of aromatic nitrogens is 1. The fourth-order valence-corrected chi connectivity index (χ4v) is 3.33. The van der Waals surface area contributed by atoms with Crippen LogP contribution in [0, 0.1) is 0 Å². The molecule has 38 heavy (non-hydrogen) atoms. The molecule has 2 atom stereocenters. The summed E-state index contributed by atoms with van der Waals surface area (Å²) in [6.45, 7) is 0. The molecule has 0 spiro atoms. The van der Waals surface area contributed by atoms with E-state index in [1.54, 1.807) is 12.1 Å². The van der Waals surface area contributed by atoms with Crippen LogP contribution in [0.15, 0.2) is 48.7 Å². The van der Waals surface area contributed by atoms with Crippen molar-refractivity contribution in [1.82, 2.24) is 10.3 Å². The van der Waals surface area contributed by atoms with Gasteiger partial charge in [-0.15, -0.1) is 0 Å². The second-order valence-electron chi connectivity index (χ2n) is 8.00. The first-order chi connectivity index (χ1) is 17.5. The SMILES string of the molecule is O=C([O-])C(F)(F)F.[NH3+][C@@H](Cc1c[nH]c2c(C(F)(F)F)cccc12)C(=O)N[C@@H](Cc1ccc(O)cc1)C(=O)O. The quantitative estimate of drug-likeness (QED) is 0.277. The van der Waals surface area contributed by atoms with Gasteiger partial charge in [-0.1, -0.05) is 24.3 Å². The number of halogens is 6. The highest BCUT2D eigenvalue weighted by Crippen LogP contribution is 2.35. The van der Waals surface area contributed by atoms with Crippen LogP contribution in [-0.4, -0.2) is 51.3 Å². The first-order valence-corrected chi connectivity index (χ1v) is 10.6. The number of aromatic hydroxyl groups is 1. The molecule has 1 aromatic heterocycles. The van der Waals surface area contributed by atoms with E-state index in [1.807, 2.05) is 0 Å². The molecule has 206 valence electrons. The van der Waals surface area contributed by atoms with Crippen molar-refractivity contribution >= 4 is 28.7 Å². The fraction of sp³-hybridized carbons (Fsp3) is 0.261. The van der Waals surface area contributed by atoms with Crippen molar-refractivity contribution in [3.05, 3.63) is 65.4 Å². The second-order valence-corrected chi connectivity index (χ2v) is 8.00. The van der Waals surface area contributed by atoms with Crippen LogP contribution in [0.3, 0.4) is 0 Å². The minimum absolute atomic E-state index is 0.00387. The summed E-state index contributed by atoms with van der Waals surface area (Å²) in [6, 6.07) is 7.55. The number of fused-ring (bicyclic) bond motifs is 1. The van der Waals surface area contributed by atoms with E-state index in [0.29, 0.717) is 16.5 Å². The molecule has 0 saturated heterocycles. The van der Waals surface area contributed by atoms with Crippen LogP contribution in [0.1, 0.15) is 16.7 Å². The lowest BCUT2D eigenvalue weighted by Crippen LogP contribution is -2.69. The summed E-state index contributed by atoms with van der Waals surface area (Å²) in [5.74, 6) is -4.85. The number of phenols is 1. The first-order valence-electron chi connectivity index (χ1n) is 10.6. The number of hydrogen-bond acceptors (Lipinski definition) is 5. The Morgan fingerprint density at radius 1 is 1.00 bits per heavy atom. The van der Waals surface area contributed by atoms with Crippen LogP contribution in [0.2, 0.25) is 0 Å². The van der Waals surface area contributed by atoms with E-state index in [0.717, 1.165) is 6.07 Å². The molecular formula is C23H21F6N3O6. The minimum atomic E-state index is -5.19. The van der Waals surface area contributed by atoms with E-state index < -0.39 is 47.8 Å². The highest BCUT2D eigenvalue weighted by atomic mass is 19.4. The Morgan fingerprint density at radius 3 is 2.08 bits per heavy atom. The Labute approximate surface area is 209 Å². The monoisotopic (exact) mass is 549 g/mol. The third kappa shape index (κ3) is 8.12. The molecule has 0 aliphatic heterocycles. The van der Waals surface area contributed by atoms with E-state index in [9.17, 15) is 46.1 Å². The predicted octanol–water partition coefficient (Wildman–Crippen LogP) is 1.16. The summed E-state index contributed by atoms with van der Waals surface area (Å²) in [7, 11) is 0. The summed E-state index contributed by atoms with van der Waals surface area (Å²) in [5, 5.41) is 30.3. The molecule has 3 rings (SSSR count). The Bertz CT molecular complexity index is 1290. The Kier molecular flexibility index (Phi) is 9.34. The molecule has 3 aromatic rings. The number of benzene rings is 2. The van der Waals surface area contributed by atoms with Crippen LogP contribution in [0.25, 0.3) is 10.9 Å². The molecule has 7 N–H and O–H groups in total. The van der Waals surface area contributed by atoms with Crippen molar-refractivity contribution < 1.29 is 61.8 Å². The Morgan fingerprint density at radius 2 is 1.58 bits per heavy atom. The molecule has 0 aliphatic rings. The van der Waals surface area contributed by atoms with Gasteiger partial charge in [0.1, 0.15) is 17.8 Å². The number of carbonyl (C=O) groups excluding carboxylic acids is 2. The van der Waals surface area contributed by atoms with Crippen molar-refractivity contribution in [3.8, 4) is 5.75 Å². The molecule has 0 radical (unpaired) electrons. The van der Waals surface area contributed by atoms with Gasteiger partial charge in [0.15, 0.2) is 6.04 Å². The summed E-state index contributed by atoms with van der Waals surface area (Å²) in [5.41, 5.74) is 3.94. The number of hydrogen-bond donors (Lipinski definition) is 5. The lowest BCUT2D eigenvalue weighted by Gasteiger charge is -2.16. The number of aliphatic carboxylic acids is 2. The topological polar surface area (TPSA) is 170 Å². The number of carboxylic acid groups (broad SMARTS) is 2. The zero-order chi connectivity index (χ0) is 28.8. The van der Waals surface area contributed by atoms with Crippen LogP contribution < -0.4 is 16.2 Å². The van der Waals surface area contributed by atoms with E-state index >= 15 is 0 Å². The number of carbonyl (C=O) groups is 3. The standard InChI is InChI=1S/C21H20F3N3O4.C2HF3O2/c22-21(23,24)15-3-1-2-14-12(10-26-18(14)15)9-16(25)19(29)27-17(20(30)31)8-11-4-6-13(28)7-5-11;3-2(4,5)1(6)7/h1-7,10,16-17,26,28H,8-9,25H2,(H,27,29)(H,30,31);(H,6,7)/t16-,17-;/m0./s1. The molecule has 15 heteroatoms. The normalized spacial score (nSPS) is 13.2. The summed E-state index contributed by atoms with van der Waals surface area (Å²) < 4.78 is 71.1. The number of nitrogens with one attached hydrogen (secondary N) is 2. The van der Waals surface area contributed by atoms with E-state index in [2.05, 4.69) is 16.0 Å². The third-order valence-electron chi connectivity index (χ3n) is 5.17. The fourth-order valence-electron chi connectivity index (χ4n) is 3.33. The van der Waals surface area contributed by atoms with Gasteiger partial charge in [0.25, 0.3) is 5.91 Å². The number of para-hydroxylation sites is 1. The van der Waals surface area contributed by atoms with E-state index in [4.69, 9.17) is 9.90 Å². The Balaban J connectivity index is 0.000000638. The zero-order valence-corrected chi connectivity index (χ0v) is 19.2. The molecular weight excluding hydrogens is 528 g/mol. The Hall–Kier alpha value is -4.27. The number of alkyl halides is 6. The van der Waals surface area contributed by atoms with Gasteiger partial charge in [0, 0.05) is 24.4 Å². The van der Waals surface area contributed by atoms with Gasteiger partial charge in [0.2, 0.25) is 0 Å². The van der Waals surface area contributed by atoms with Gasteiger partial charge in [-0.25, -0.2) is 4.79 Å². The van der Waals surface area contributed by atoms with Gasteiger partial charge in [-0.05, 0) is 29.3 Å². The summed E-state index contributed by atoms with van der Waals surface area (Å²) in [6.07, 6.45) is -8.29. The molecule has 0 fully saturated rings. The number of phenolic OH excluding ortho intramolecular Hbond substituents is 1. The summed E-state index contributed by atoms with van der Waals surface area (Å²) >= 11 is 0. The van der Waals surface area contributed by atoms with Crippen LogP contribution >= 0.6 is 0 Å². The third-order valence-corrected chi connectivity index (χ3v) is 5.17. The van der Waals surface area contributed by atoms with Crippen molar-refractivity contribution in [2.24, 2.45) is 0 Å². The highest BCUT2D eigenvalue weighted by Gasteiger charge is 2.34. The van der Waals surface area contributed by atoms with Crippen LogP contribution in [0.4, 0.5) is 26.3 Å². The van der Waals surface area contributed by atoms with E-state index in [-0.39, 0.29) is 24.1 Å². The molecule has 0 bridgehead atoms. The average Bonchev–Trinajstić information content (AvgIpc) is 3.21. The molecule has 1 amide bonds. The molecule has 0 unspecified atom stereocenters. The van der Waals surface area contributed by atoms with Gasteiger partial charge in [-0.3, -0.25) is 4.79 Å². The molecule has 9 nitrogen and oxygen atoms in total. The molecule has 0 aliphatic carbocycles. The van der Waals surface area contributed by atoms with Crippen LogP contribution in [-0.2, 0) is 33.4 Å². The number of amides is 1. The molecule has 2 aromatic carbocycles. The maximum absolute atomic E-state index is 13.2. The smallest absolute Gasteiger partial charge is 0.430 e. The number of carboxylic acids is 2. The largest absolute Gasteiger partial charge is 0.542 e. The average molecular weight is 549 g/mol. The lowest BCUT2D eigenvalue weighted by molar-refractivity contribution is -0.403. The predicted molar refractivity (Wildman–Crippen MR) is 116 cm³/mol. The van der Waals surface area contributed by atoms with E-state index in [1.165, 1.54) is 30.5 Å². The number of quaternary nitrogens is 1. The molecule has 1 heterocycles. The number of aromatic amines is 1. The minimum Gasteiger partial charge on any atom is -0.542 e. The second kappa shape index (κ2) is 11.9. The highest BCUT2D eigenvalue weighted by molar-refractivity contribution is 5.89. The maximum atomic E-state index is 13.2. The van der Waals surface area contributed by atoms with Crippen LogP contribution in [0.5, 0.6) is 5.75 Å². The molecule has 0 saturated carbocycles. The van der Waals surface area contributed by atoms with Gasteiger partial charge < -0.3 is 36.1 Å². The van der Waals surface area contributed by atoms with Crippen molar-refractivity contribution in [1.29, 1.82) is 0 Å². The first kappa shape index (κ1) is 30.0. The summed E-state index contributed by atoms with van der Waals surface area (Å²) in [4.78, 5) is 35.5. The van der Waals surface area contributed by atoms with Gasteiger partial charge in [0.05, 0.1) is 11.1 Å². The van der Waals surface area contributed by atoms with Gasteiger partial charge >= 0.3 is 18.3 Å². The number of rotatable bonds is 7.